The van der Waals surface area contributed by atoms with E-state index >= 15 is 0 Å². The molecule has 1 amide bonds. The summed E-state index contributed by atoms with van der Waals surface area (Å²) >= 11 is 4.96. The van der Waals surface area contributed by atoms with Crippen LogP contribution in [0.2, 0.25) is 0 Å². The monoisotopic (exact) mass is 421 g/mol. The van der Waals surface area contributed by atoms with E-state index in [0.29, 0.717) is 17.4 Å². The van der Waals surface area contributed by atoms with Crippen molar-refractivity contribution in [2.45, 2.75) is 25.9 Å². The average molecular weight is 422 g/mol. The van der Waals surface area contributed by atoms with Crippen LogP contribution in [-0.2, 0) is 4.74 Å². The number of rotatable bonds is 4. The third-order valence-electron chi connectivity index (χ3n) is 4.07. The minimum absolute atomic E-state index is 0.0238. The molecular weight excluding hydrogens is 406 g/mol. The second-order valence-corrected chi connectivity index (χ2v) is 7.91. The van der Waals surface area contributed by atoms with Crippen LogP contribution in [0.3, 0.4) is 0 Å². The molecular formula is C17H16BrN3O3S. The molecule has 1 aliphatic heterocycles. The van der Waals surface area contributed by atoms with Gasteiger partial charge in [-0.3, -0.25) is 9.69 Å². The number of fused-ring (bicyclic) bond motifs is 1. The van der Waals surface area contributed by atoms with E-state index in [9.17, 15) is 4.79 Å². The molecule has 2 aromatic heterocycles. The summed E-state index contributed by atoms with van der Waals surface area (Å²) in [6, 6.07) is 7.54. The van der Waals surface area contributed by atoms with Gasteiger partial charge in [-0.2, -0.15) is 0 Å². The Morgan fingerprint density at radius 2 is 2.32 bits per heavy atom. The summed E-state index contributed by atoms with van der Waals surface area (Å²) in [5.41, 5.74) is 1.15. The summed E-state index contributed by atoms with van der Waals surface area (Å²) in [6.45, 7) is 2.97. The zero-order chi connectivity index (χ0) is 17.4. The number of aromatic nitrogens is 2. The number of ether oxygens (including phenoxy) is 1. The van der Waals surface area contributed by atoms with Crippen LogP contribution in [0.25, 0.3) is 10.2 Å². The van der Waals surface area contributed by atoms with Crippen molar-refractivity contribution >= 4 is 48.5 Å². The van der Waals surface area contributed by atoms with Gasteiger partial charge in [0.25, 0.3) is 5.91 Å². The highest BCUT2D eigenvalue weighted by atomic mass is 79.9. The topological polar surface area (TPSA) is 68.5 Å². The second kappa shape index (κ2) is 6.86. The summed E-state index contributed by atoms with van der Waals surface area (Å²) in [7, 11) is 0. The van der Waals surface area contributed by atoms with E-state index in [0.717, 1.165) is 34.1 Å². The van der Waals surface area contributed by atoms with E-state index in [1.807, 2.05) is 18.2 Å². The smallest absolute Gasteiger partial charge is 0.282 e. The highest BCUT2D eigenvalue weighted by molar-refractivity contribution is 9.10. The van der Waals surface area contributed by atoms with Crippen LogP contribution in [0.4, 0.5) is 5.13 Å². The highest BCUT2D eigenvalue weighted by Crippen LogP contribution is 2.32. The summed E-state index contributed by atoms with van der Waals surface area (Å²) in [5.74, 6) is 0.388. The van der Waals surface area contributed by atoms with E-state index in [4.69, 9.17) is 9.26 Å². The van der Waals surface area contributed by atoms with Gasteiger partial charge in [-0.25, -0.2) is 4.98 Å². The molecule has 0 bridgehead atoms. The van der Waals surface area contributed by atoms with Crippen molar-refractivity contribution in [1.82, 2.24) is 10.1 Å². The molecule has 0 aliphatic carbocycles. The molecule has 1 atom stereocenters. The molecule has 1 aliphatic rings. The van der Waals surface area contributed by atoms with Crippen LogP contribution in [0.15, 0.2) is 33.3 Å². The minimum Gasteiger partial charge on any atom is -0.376 e. The molecule has 0 radical (unpaired) electrons. The number of aryl methyl sites for hydroxylation is 1. The summed E-state index contributed by atoms with van der Waals surface area (Å²) < 4.78 is 12.8. The van der Waals surface area contributed by atoms with Crippen molar-refractivity contribution in [2.75, 3.05) is 18.1 Å². The largest absolute Gasteiger partial charge is 0.376 e. The summed E-state index contributed by atoms with van der Waals surface area (Å²) in [5, 5.41) is 4.51. The molecule has 25 heavy (non-hydrogen) atoms. The number of carbonyl (C=O) groups is 1. The molecule has 0 N–H and O–H groups in total. The Labute approximate surface area is 156 Å². The first kappa shape index (κ1) is 16.7. The number of anilines is 1. The van der Waals surface area contributed by atoms with Crippen molar-refractivity contribution < 1.29 is 14.1 Å². The third-order valence-corrected chi connectivity index (χ3v) is 5.61. The van der Waals surface area contributed by atoms with E-state index < -0.39 is 0 Å². The average Bonchev–Trinajstić information content (AvgIpc) is 3.31. The summed E-state index contributed by atoms with van der Waals surface area (Å²) in [6.07, 6.45) is 1.98. The molecule has 1 unspecified atom stereocenters. The second-order valence-electron chi connectivity index (χ2n) is 5.98. The molecule has 8 heteroatoms. The molecule has 1 fully saturated rings. The number of hydrogen-bond acceptors (Lipinski definition) is 6. The van der Waals surface area contributed by atoms with Gasteiger partial charge in [0.2, 0.25) is 0 Å². The predicted molar refractivity (Wildman–Crippen MR) is 99.2 cm³/mol. The molecule has 0 saturated carbocycles. The van der Waals surface area contributed by atoms with Crippen LogP contribution in [0.1, 0.15) is 29.1 Å². The van der Waals surface area contributed by atoms with E-state index in [2.05, 4.69) is 26.1 Å². The molecule has 3 aromatic rings. The van der Waals surface area contributed by atoms with Gasteiger partial charge in [0.05, 0.1) is 22.9 Å². The lowest BCUT2D eigenvalue weighted by molar-refractivity contribution is 0.0910. The first-order valence-electron chi connectivity index (χ1n) is 8.03. The minimum atomic E-state index is -0.217. The van der Waals surface area contributed by atoms with Gasteiger partial charge in [0.15, 0.2) is 10.8 Å². The van der Waals surface area contributed by atoms with Crippen molar-refractivity contribution in [3.63, 3.8) is 0 Å². The van der Waals surface area contributed by atoms with Crippen LogP contribution in [0.5, 0.6) is 0 Å². The number of amides is 1. The number of nitrogens with zero attached hydrogens (tertiary/aromatic N) is 3. The molecule has 3 heterocycles. The van der Waals surface area contributed by atoms with E-state index in [-0.39, 0.29) is 17.7 Å². The van der Waals surface area contributed by atoms with Gasteiger partial charge >= 0.3 is 0 Å². The zero-order valence-corrected chi connectivity index (χ0v) is 16.0. The summed E-state index contributed by atoms with van der Waals surface area (Å²) in [4.78, 5) is 19.3. The quantitative estimate of drug-likeness (QED) is 0.631. The fourth-order valence-corrected chi connectivity index (χ4v) is 4.37. The Balaban J connectivity index is 1.70. The molecule has 4 rings (SSSR count). The highest BCUT2D eigenvalue weighted by Gasteiger charge is 2.28. The maximum absolute atomic E-state index is 13.0. The van der Waals surface area contributed by atoms with Gasteiger partial charge < -0.3 is 9.26 Å². The molecule has 130 valence electrons. The van der Waals surface area contributed by atoms with E-state index in [1.165, 1.54) is 11.3 Å². The Hall–Kier alpha value is -1.77. The van der Waals surface area contributed by atoms with Crippen molar-refractivity contribution in [3.8, 4) is 0 Å². The predicted octanol–water partition coefficient (Wildman–Crippen LogP) is 4.18. The third kappa shape index (κ3) is 3.47. The lowest BCUT2D eigenvalue weighted by atomic mass is 10.2. The standard InChI is InChI=1S/C17H16BrN3O3S/c1-10-7-14(20-24-10)16(22)21(9-12-3-2-6-23-12)17-19-13-5-4-11(18)8-15(13)25-17/h4-5,7-8,12H,2-3,6,9H2,1H3. The van der Waals surface area contributed by atoms with Gasteiger partial charge in [-0.1, -0.05) is 32.4 Å². The maximum Gasteiger partial charge on any atom is 0.282 e. The van der Waals surface area contributed by atoms with Gasteiger partial charge in [0.1, 0.15) is 5.76 Å². The fourth-order valence-electron chi connectivity index (χ4n) is 2.85. The zero-order valence-electron chi connectivity index (χ0n) is 13.6. The number of benzene rings is 1. The molecule has 0 spiro atoms. The molecule has 6 nitrogen and oxygen atoms in total. The van der Waals surface area contributed by atoms with Crippen molar-refractivity contribution in [2.24, 2.45) is 0 Å². The van der Waals surface area contributed by atoms with Crippen LogP contribution in [-0.4, -0.2) is 35.3 Å². The van der Waals surface area contributed by atoms with Gasteiger partial charge in [0, 0.05) is 17.1 Å². The lowest BCUT2D eigenvalue weighted by Gasteiger charge is -2.21. The van der Waals surface area contributed by atoms with Crippen LogP contribution in [0, 0.1) is 6.92 Å². The fraction of sp³-hybridized carbons (Fsp3) is 0.353. The Morgan fingerprint density at radius 1 is 1.44 bits per heavy atom. The first-order chi connectivity index (χ1) is 12.1. The SMILES string of the molecule is Cc1cc(C(=O)N(CC2CCCO2)c2nc3ccc(Br)cc3s2)no1. The van der Waals surface area contributed by atoms with Crippen LogP contribution < -0.4 is 4.90 Å². The van der Waals surface area contributed by atoms with Crippen molar-refractivity contribution in [3.05, 3.63) is 40.2 Å². The normalized spacial score (nSPS) is 17.3. The maximum atomic E-state index is 13.0. The number of halogens is 1. The lowest BCUT2D eigenvalue weighted by Crippen LogP contribution is -2.37. The number of carbonyl (C=O) groups excluding carboxylic acids is 1. The van der Waals surface area contributed by atoms with Crippen LogP contribution >= 0.6 is 27.3 Å². The molecule has 1 aromatic carbocycles. The first-order valence-corrected chi connectivity index (χ1v) is 9.64. The van der Waals surface area contributed by atoms with E-state index in [1.54, 1.807) is 17.9 Å². The number of thiazole rings is 1. The van der Waals surface area contributed by atoms with Gasteiger partial charge in [-0.15, -0.1) is 0 Å². The number of hydrogen-bond donors (Lipinski definition) is 0. The Kier molecular flexibility index (Phi) is 4.58. The Bertz CT molecular complexity index is 917. The Morgan fingerprint density at radius 3 is 3.04 bits per heavy atom. The van der Waals surface area contributed by atoms with Crippen molar-refractivity contribution in [1.29, 1.82) is 0 Å². The molecule has 1 saturated heterocycles. The van der Waals surface area contributed by atoms with Gasteiger partial charge in [-0.05, 0) is 38.0 Å².